The van der Waals surface area contributed by atoms with Crippen molar-refractivity contribution in [2.75, 3.05) is 26.4 Å². The monoisotopic (exact) mass is 254 g/mol. The molecule has 0 bridgehead atoms. The van der Waals surface area contributed by atoms with E-state index in [1.807, 2.05) is 4.90 Å². The van der Waals surface area contributed by atoms with E-state index in [1.165, 1.54) is 0 Å². The minimum absolute atomic E-state index is 0.117. The molecule has 102 valence electrons. The maximum absolute atomic E-state index is 12.7. The Bertz CT molecular complexity index is 328. The van der Waals surface area contributed by atoms with Crippen LogP contribution in [-0.2, 0) is 14.3 Å². The lowest BCUT2D eigenvalue weighted by atomic mass is 9.88. The first-order chi connectivity index (χ1) is 8.71. The molecule has 1 saturated carbocycles. The SMILES string of the molecule is NC1(C(=O)N2CCOC3CCCC32)CCOCC1. The summed E-state index contributed by atoms with van der Waals surface area (Å²) in [5.74, 6) is 0.117. The van der Waals surface area contributed by atoms with Crippen molar-refractivity contribution in [1.82, 2.24) is 4.90 Å². The van der Waals surface area contributed by atoms with Crippen LogP contribution in [0.4, 0.5) is 0 Å². The van der Waals surface area contributed by atoms with E-state index in [9.17, 15) is 4.79 Å². The van der Waals surface area contributed by atoms with Gasteiger partial charge in [0.05, 0.1) is 24.3 Å². The highest BCUT2D eigenvalue weighted by Crippen LogP contribution is 2.32. The molecule has 5 heteroatoms. The molecule has 2 aliphatic heterocycles. The minimum Gasteiger partial charge on any atom is -0.381 e. The van der Waals surface area contributed by atoms with E-state index in [0.717, 1.165) is 19.3 Å². The van der Waals surface area contributed by atoms with Crippen molar-refractivity contribution in [3.63, 3.8) is 0 Å². The standard InChI is InChI=1S/C13H22N2O3/c14-13(4-7-17-8-5-13)12(16)15-6-9-18-11-3-1-2-10(11)15/h10-11H,1-9,14H2. The van der Waals surface area contributed by atoms with Crippen LogP contribution in [0.1, 0.15) is 32.1 Å². The highest BCUT2D eigenvalue weighted by Gasteiger charge is 2.45. The van der Waals surface area contributed by atoms with Gasteiger partial charge in [-0.05, 0) is 32.1 Å². The van der Waals surface area contributed by atoms with Crippen molar-refractivity contribution in [3.8, 4) is 0 Å². The Balaban J connectivity index is 1.74. The van der Waals surface area contributed by atoms with E-state index in [4.69, 9.17) is 15.2 Å². The average Bonchev–Trinajstić information content (AvgIpc) is 2.87. The zero-order chi connectivity index (χ0) is 12.6. The molecule has 5 nitrogen and oxygen atoms in total. The van der Waals surface area contributed by atoms with Crippen molar-refractivity contribution in [2.45, 2.75) is 49.8 Å². The zero-order valence-corrected chi connectivity index (χ0v) is 10.8. The molecule has 3 rings (SSSR count). The maximum Gasteiger partial charge on any atom is 0.243 e. The number of carbonyl (C=O) groups is 1. The summed E-state index contributed by atoms with van der Waals surface area (Å²) < 4.78 is 11.1. The number of carbonyl (C=O) groups excluding carboxylic acids is 1. The van der Waals surface area contributed by atoms with Gasteiger partial charge in [-0.2, -0.15) is 0 Å². The second-order valence-electron chi connectivity index (χ2n) is 5.67. The number of hydrogen-bond acceptors (Lipinski definition) is 4. The minimum atomic E-state index is -0.706. The molecule has 2 saturated heterocycles. The van der Waals surface area contributed by atoms with Crippen LogP contribution in [0.15, 0.2) is 0 Å². The van der Waals surface area contributed by atoms with Crippen molar-refractivity contribution < 1.29 is 14.3 Å². The molecular weight excluding hydrogens is 232 g/mol. The highest BCUT2D eigenvalue weighted by molar-refractivity contribution is 5.86. The summed E-state index contributed by atoms with van der Waals surface area (Å²) in [7, 11) is 0. The van der Waals surface area contributed by atoms with E-state index < -0.39 is 5.54 Å². The number of morpholine rings is 1. The van der Waals surface area contributed by atoms with E-state index in [-0.39, 0.29) is 18.1 Å². The lowest BCUT2D eigenvalue weighted by molar-refractivity contribution is -0.153. The zero-order valence-electron chi connectivity index (χ0n) is 10.8. The van der Waals surface area contributed by atoms with E-state index >= 15 is 0 Å². The second-order valence-corrected chi connectivity index (χ2v) is 5.67. The third-order valence-corrected chi connectivity index (χ3v) is 4.55. The van der Waals surface area contributed by atoms with Gasteiger partial charge in [-0.1, -0.05) is 0 Å². The van der Waals surface area contributed by atoms with Crippen LogP contribution < -0.4 is 5.73 Å². The molecule has 2 unspecified atom stereocenters. The number of nitrogens with zero attached hydrogens (tertiary/aromatic N) is 1. The van der Waals surface area contributed by atoms with Crippen molar-refractivity contribution in [3.05, 3.63) is 0 Å². The van der Waals surface area contributed by atoms with Crippen LogP contribution in [0.5, 0.6) is 0 Å². The molecule has 2 atom stereocenters. The molecule has 0 radical (unpaired) electrons. The normalized spacial score (nSPS) is 35.3. The molecule has 0 aromatic heterocycles. The van der Waals surface area contributed by atoms with E-state index in [2.05, 4.69) is 0 Å². The Labute approximate surface area is 108 Å². The summed E-state index contributed by atoms with van der Waals surface area (Å²) in [6, 6.07) is 0.259. The van der Waals surface area contributed by atoms with Gasteiger partial charge in [-0.3, -0.25) is 4.79 Å². The van der Waals surface area contributed by atoms with Gasteiger partial charge in [-0.25, -0.2) is 0 Å². The van der Waals surface area contributed by atoms with Gasteiger partial charge in [0, 0.05) is 19.8 Å². The third kappa shape index (κ3) is 2.04. The number of ether oxygens (including phenoxy) is 2. The largest absolute Gasteiger partial charge is 0.381 e. The van der Waals surface area contributed by atoms with Gasteiger partial charge in [-0.15, -0.1) is 0 Å². The second kappa shape index (κ2) is 4.79. The Kier molecular flexibility index (Phi) is 3.30. The first kappa shape index (κ1) is 12.4. The van der Waals surface area contributed by atoms with E-state index in [1.54, 1.807) is 0 Å². The lowest BCUT2D eigenvalue weighted by Crippen LogP contribution is -2.63. The average molecular weight is 254 g/mol. The van der Waals surface area contributed by atoms with Crippen LogP contribution in [0.2, 0.25) is 0 Å². The molecule has 1 aliphatic carbocycles. The number of amides is 1. The summed E-state index contributed by atoms with van der Waals surface area (Å²) in [6.45, 7) is 2.54. The quantitative estimate of drug-likeness (QED) is 0.729. The van der Waals surface area contributed by atoms with Crippen molar-refractivity contribution >= 4 is 5.91 Å². The van der Waals surface area contributed by atoms with E-state index in [0.29, 0.717) is 39.2 Å². The first-order valence-corrected chi connectivity index (χ1v) is 7.00. The Hall–Kier alpha value is -0.650. The number of rotatable bonds is 1. The predicted molar refractivity (Wildman–Crippen MR) is 66.1 cm³/mol. The Morgan fingerprint density at radius 2 is 2.00 bits per heavy atom. The van der Waals surface area contributed by atoms with Gasteiger partial charge in [0.1, 0.15) is 0 Å². The van der Waals surface area contributed by atoms with Gasteiger partial charge in [0.2, 0.25) is 5.91 Å². The fourth-order valence-electron chi connectivity index (χ4n) is 3.41. The fourth-order valence-corrected chi connectivity index (χ4v) is 3.41. The third-order valence-electron chi connectivity index (χ3n) is 4.55. The van der Waals surface area contributed by atoms with Crippen molar-refractivity contribution in [1.29, 1.82) is 0 Å². The van der Waals surface area contributed by atoms with Crippen LogP contribution in [0.25, 0.3) is 0 Å². The molecule has 2 N–H and O–H groups in total. The number of nitrogens with two attached hydrogens (primary N) is 1. The molecule has 1 amide bonds. The van der Waals surface area contributed by atoms with Crippen LogP contribution >= 0.6 is 0 Å². The van der Waals surface area contributed by atoms with Gasteiger partial charge in [0.15, 0.2) is 0 Å². The highest BCUT2D eigenvalue weighted by atomic mass is 16.5. The molecule has 0 aromatic rings. The van der Waals surface area contributed by atoms with Gasteiger partial charge in [0.25, 0.3) is 0 Å². The summed E-state index contributed by atoms with van der Waals surface area (Å²) in [5, 5.41) is 0. The summed E-state index contributed by atoms with van der Waals surface area (Å²) in [4.78, 5) is 14.7. The van der Waals surface area contributed by atoms with Gasteiger partial charge >= 0.3 is 0 Å². The number of fused-ring (bicyclic) bond motifs is 1. The molecule has 0 aromatic carbocycles. The predicted octanol–water partition coefficient (Wildman–Crippen LogP) is 0.274. The first-order valence-electron chi connectivity index (χ1n) is 7.00. The summed E-state index contributed by atoms with van der Waals surface area (Å²) in [5.41, 5.74) is 5.60. The Morgan fingerprint density at radius 3 is 2.78 bits per heavy atom. The molecule has 2 heterocycles. The lowest BCUT2D eigenvalue weighted by Gasteiger charge is -2.43. The smallest absolute Gasteiger partial charge is 0.243 e. The van der Waals surface area contributed by atoms with Crippen molar-refractivity contribution in [2.24, 2.45) is 5.73 Å². The number of hydrogen-bond donors (Lipinski definition) is 1. The molecule has 0 spiro atoms. The molecule has 3 fully saturated rings. The molecular formula is C13H22N2O3. The summed E-state index contributed by atoms with van der Waals surface area (Å²) >= 11 is 0. The molecule has 3 aliphatic rings. The van der Waals surface area contributed by atoms with Crippen LogP contribution in [0, 0.1) is 0 Å². The maximum atomic E-state index is 12.7. The fraction of sp³-hybridized carbons (Fsp3) is 0.923. The Morgan fingerprint density at radius 1 is 1.22 bits per heavy atom. The molecule has 18 heavy (non-hydrogen) atoms. The summed E-state index contributed by atoms with van der Waals surface area (Å²) in [6.07, 6.45) is 4.81. The topological polar surface area (TPSA) is 64.8 Å². The van der Waals surface area contributed by atoms with Crippen LogP contribution in [0.3, 0.4) is 0 Å². The van der Waals surface area contributed by atoms with Crippen LogP contribution in [-0.4, -0.2) is 54.9 Å². The van der Waals surface area contributed by atoms with Gasteiger partial charge < -0.3 is 20.1 Å².